The van der Waals surface area contributed by atoms with Gasteiger partial charge in [-0.3, -0.25) is 9.25 Å². The summed E-state index contributed by atoms with van der Waals surface area (Å²) in [6.45, 7) is 0. The average molecular weight is 373 g/mol. The molecule has 0 radical (unpaired) electrons. The molecule has 2 aromatic carbocycles. The highest BCUT2D eigenvalue weighted by Crippen LogP contribution is 2.32. The van der Waals surface area contributed by atoms with Crippen LogP contribution in [0.3, 0.4) is 0 Å². The van der Waals surface area contributed by atoms with Gasteiger partial charge in [0.15, 0.2) is 5.65 Å². The van der Waals surface area contributed by atoms with Gasteiger partial charge in [0.2, 0.25) is 0 Å². The number of benzene rings is 2. The third-order valence-corrected chi connectivity index (χ3v) is 4.39. The molecular weight excluding hydrogens is 359 g/mol. The van der Waals surface area contributed by atoms with Crippen LogP contribution in [0.25, 0.3) is 27.6 Å². The van der Waals surface area contributed by atoms with Gasteiger partial charge < -0.3 is 5.11 Å². The Bertz CT molecular complexity index is 1170. The van der Waals surface area contributed by atoms with Gasteiger partial charge in [0, 0.05) is 29.7 Å². The molecule has 0 aliphatic rings. The first kappa shape index (κ1) is 17.1. The van der Waals surface area contributed by atoms with Crippen LogP contribution < -0.4 is 0 Å². The Morgan fingerprint density at radius 3 is 2.44 bits per heavy atom. The zero-order valence-electron chi connectivity index (χ0n) is 14.2. The van der Waals surface area contributed by atoms with Crippen molar-refractivity contribution in [2.24, 2.45) is 7.05 Å². The first-order valence-electron chi connectivity index (χ1n) is 8.10. The Kier molecular flexibility index (Phi) is 3.73. The van der Waals surface area contributed by atoms with E-state index in [1.165, 1.54) is 18.2 Å². The van der Waals surface area contributed by atoms with Crippen LogP contribution in [0.1, 0.15) is 15.9 Å². The predicted molar refractivity (Wildman–Crippen MR) is 94.3 cm³/mol. The number of rotatable bonds is 3. The largest absolute Gasteiger partial charge is 0.478 e. The molecule has 8 heteroatoms. The number of hydrogen-bond donors (Lipinski definition) is 1. The normalized spacial score (nSPS) is 12.1. The number of carboxylic acid groups (broad SMARTS) is 1. The smallest absolute Gasteiger partial charge is 0.393 e. The van der Waals surface area contributed by atoms with E-state index in [9.17, 15) is 23.1 Å². The first-order valence-corrected chi connectivity index (χ1v) is 8.10. The van der Waals surface area contributed by atoms with Crippen LogP contribution in [-0.4, -0.2) is 31.6 Å². The maximum atomic E-state index is 12.6. The summed E-state index contributed by atoms with van der Waals surface area (Å²) in [6, 6.07) is 10.9. The molecule has 0 amide bonds. The van der Waals surface area contributed by atoms with Gasteiger partial charge in [-0.15, -0.1) is 0 Å². The van der Waals surface area contributed by atoms with E-state index in [-0.39, 0.29) is 11.1 Å². The Morgan fingerprint density at radius 2 is 1.81 bits per heavy atom. The molecule has 1 N–H and O–H groups in total. The highest BCUT2D eigenvalue weighted by atomic mass is 19.4. The molecule has 0 spiro atoms. The lowest BCUT2D eigenvalue weighted by Crippen LogP contribution is -2.11. The lowest BCUT2D eigenvalue weighted by atomic mass is 10.1. The van der Waals surface area contributed by atoms with Crippen molar-refractivity contribution in [2.45, 2.75) is 12.6 Å². The fourth-order valence-corrected chi connectivity index (χ4v) is 3.28. The van der Waals surface area contributed by atoms with Crippen LogP contribution >= 0.6 is 0 Å². The molecule has 27 heavy (non-hydrogen) atoms. The average Bonchev–Trinajstić information content (AvgIpc) is 3.09. The van der Waals surface area contributed by atoms with Crippen LogP contribution in [0, 0.1) is 0 Å². The maximum Gasteiger partial charge on any atom is 0.393 e. The van der Waals surface area contributed by atoms with Crippen LogP contribution in [0.5, 0.6) is 0 Å². The summed E-state index contributed by atoms with van der Waals surface area (Å²) in [5.41, 5.74) is 2.34. The van der Waals surface area contributed by atoms with Crippen molar-refractivity contribution in [1.82, 2.24) is 14.3 Å². The van der Waals surface area contributed by atoms with Crippen molar-refractivity contribution >= 4 is 27.9 Å². The quantitative estimate of drug-likeness (QED) is 0.582. The molecule has 2 aromatic heterocycles. The molecule has 2 heterocycles. The molecule has 0 fully saturated rings. The second kappa shape index (κ2) is 5.87. The number of carboxylic acids is 1. The number of alkyl halides is 3. The lowest BCUT2D eigenvalue weighted by molar-refractivity contribution is -0.127. The van der Waals surface area contributed by atoms with Crippen molar-refractivity contribution in [3.8, 4) is 5.69 Å². The van der Waals surface area contributed by atoms with Gasteiger partial charge in [0.25, 0.3) is 0 Å². The molecule has 0 unspecified atom stereocenters. The summed E-state index contributed by atoms with van der Waals surface area (Å²) in [5, 5.41) is 15.2. The standard InChI is InChI=1S/C19H14F3N3O2/c1-24-10-15-14-8-12(18(26)27)4-7-16(14)25(17(15)23-24)13-5-2-11(3-6-13)9-19(20,21)22/h2-8,10H,9H2,1H3,(H,26,27). The molecule has 138 valence electrons. The molecule has 0 aliphatic heterocycles. The van der Waals surface area contributed by atoms with Gasteiger partial charge in [0.05, 0.1) is 17.5 Å². The van der Waals surface area contributed by atoms with Crippen molar-refractivity contribution < 1.29 is 23.1 Å². The molecule has 0 bridgehead atoms. The monoisotopic (exact) mass is 373 g/mol. The minimum Gasteiger partial charge on any atom is -0.478 e. The highest BCUT2D eigenvalue weighted by Gasteiger charge is 2.27. The molecular formula is C19H14F3N3O2. The minimum absolute atomic E-state index is 0.158. The van der Waals surface area contributed by atoms with E-state index in [4.69, 9.17) is 0 Å². The molecule has 0 saturated carbocycles. The van der Waals surface area contributed by atoms with E-state index in [1.54, 1.807) is 42.2 Å². The van der Waals surface area contributed by atoms with Crippen molar-refractivity contribution in [1.29, 1.82) is 0 Å². The number of aryl methyl sites for hydroxylation is 1. The molecule has 5 nitrogen and oxygen atoms in total. The maximum absolute atomic E-state index is 12.6. The number of nitrogens with zero attached hydrogens (tertiary/aromatic N) is 3. The fraction of sp³-hybridized carbons (Fsp3) is 0.158. The SMILES string of the molecule is Cn1cc2c3cc(C(=O)O)ccc3n(-c3ccc(CC(F)(F)F)cc3)c2n1. The van der Waals surface area contributed by atoms with Gasteiger partial charge in [-0.25, -0.2) is 4.79 Å². The summed E-state index contributed by atoms with van der Waals surface area (Å²) in [4.78, 5) is 11.3. The van der Waals surface area contributed by atoms with E-state index >= 15 is 0 Å². The van der Waals surface area contributed by atoms with Gasteiger partial charge in [-0.05, 0) is 35.9 Å². The zero-order chi connectivity index (χ0) is 19.3. The number of fused-ring (bicyclic) bond motifs is 3. The Balaban J connectivity index is 1.91. The molecule has 0 aliphatic carbocycles. The highest BCUT2D eigenvalue weighted by molar-refractivity contribution is 6.09. The van der Waals surface area contributed by atoms with Crippen LogP contribution in [0.4, 0.5) is 13.2 Å². The third-order valence-electron chi connectivity index (χ3n) is 4.39. The Morgan fingerprint density at radius 1 is 1.11 bits per heavy atom. The number of aromatic carboxylic acids is 1. The van der Waals surface area contributed by atoms with Crippen molar-refractivity contribution in [3.63, 3.8) is 0 Å². The van der Waals surface area contributed by atoms with E-state index in [0.717, 1.165) is 16.3 Å². The number of aromatic nitrogens is 3. The summed E-state index contributed by atoms with van der Waals surface area (Å²) in [5.74, 6) is -1.03. The molecule has 0 saturated heterocycles. The number of hydrogen-bond acceptors (Lipinski definition) is 2. The van der Waals surface area contributed by atoms with Gasteiger partial charge in [-0.2, -0.15) is 18.3 Å². The summed E-state index contributed by atoms with van der Waals surface area (Å²) in [6.07, 6.45) is -3.46. The number of halogens is 3. The van der Waals surface area contributed by atoms with Crippen LogP contribution in [-0.2, 0) is 13.5 Å². The van der Waals surface area contributed by atoms with E-state index < -0.39 is 18.6 Å². The topological polar surface area (TPSA) is 60.1 Å². The van der Waals surface area contributed by atoms with Crippen molar-refractivity contribution in [2.75, 3.05) is 0 Å². The second-order valence-corrected chi connectivity index (χ2v) is 6.37. The first-order chi connectivity index (χ1) is 12.7. The van der Waals surface area contributed by atoms with Crippen LogP contribution in [0.2, 0.25) is 0 Å². The van der Waals surface area contributed by atoms with Gasteiger partial charge in [-0.1, -0.05) is 12.1 Å². The van der Waals surface area contributed by atoms with E-state index in [0.29, 0.717) is 11.3 Å². The van der Waals surface area contributed by atoms with Gasteiger partial charge in [0.1, 0.15) is 0 Å². The second-order valence-electron chi connectivity index (χ2n) is 6.37. The fourth-order valence-electron chi connectivity index (χ4n) is 3.28. The molecule has 0 atom stereocenters. The Hall–Kier alpha value is -3.29. The van der Waals surface area contributed by atoms with Crippen LogP contribution in [0.15, 0.2) is 48.7 Å². The number of carbonyl (C=O) groups is 1. The Labute approximate surface area is 151 Å². The van der Waals surface area contributed by atoms with Crippen molar-refractivity contribution in [3.05, 3.63) is 59.8 Å². The van der Waals surface area contributed by atoms with Gasteiger partial charge >= 0.3 is 12.1 Å². The van der Waals surface area contributed by atoms with E-state index in [1.807, 2.05) is 4.57 Å². The zero-order valence-corrected chi connectivity index (χ0v) is 14.2. The summed E-state index contributed by atoms with van der Waals surface area (Å²) >= 11 is 0. The molecule has 4 aromatic rings. The lowest BCUT2D eigenvalue weighted by Gasteiger charge is -2.10. The molecule has 4 rings (SSSR count). The third kappa shape index (κ3) is 3.03. The summed E-state index contributed by atoms with van der Waals surface area (Å²) < 4.78 is 41.1. The predicted octanol–water partition coefficient (Wildman–Crippen LogP) is 4.32. The summed E-state index contributed by atoms with van der Waals surface area (Å²) in [7, 11) is 1.75. The van der Waals surface area contributed by atoms with E-state index in [2.05, 4.69) is 5.10 Å². The minimum atomic E-state index is -4.26.